The molecule has 1 aromatic carbocycles. The Balaban J connectivity index is 2.05. The van der Waals surface area contributed by atoms with Crippen LogP contribution < -0.4 is 5.73 Å². The van der Waals surface area contributed by atoms with Crippen molar-refractivity contribution in [2.45, 2.75) is 13.0 Å². The SMILES string of the molecule is NCc1cccn2c(Cc3ccccc3F)ncc12. The molecule has 2 heterocycles. The topological polar surface area (TPSA) is 43.3 Å². The van der Waals surface area contributed by atoms with Gasteiger partial charge in [-0.1, -0.05) is 24.3 Å². The molecule has 3 aromatic rings. The number of benzene rings is 1. The highest BCUT2D eigenvalue weighted by Crippen LogP contribution is 2.16. The molecule has 3 rings (SSSR count). The van der Waals surface area contributed by atoms with Gasteiger partial charge in [-0.15, -0.1) is 0 Å². The highest BCUT2D eigenvalue weighted by atomic mass is 19.1. The number of aromatic nitrogens is 2. The first kappa shape index (κ1) is 11.9. The first-order valence-corrected chi connectivity index (χ1v) is 6.17. The van der Waals surface area contributed by atoms with Crippen molar-refractivity contribution in [1.29, 1.82) is 0 Å². The van der Waals surface area contributed by atoms with E-state index < -0.39 is 0 Å². The van der Waals surface area contributed by atoms with E-state index in [0.29, 0.717) is 18.5 Å². The Kier molecular flexibility index (Phi) is 3.01. The van der Waals surface area contributed by atoms with Crippen molar-refractivity contribution in [2.24, 2.45) is 5.73 Å². The maximum Gasteiger partial charge on any atom is 0.126 e. The third-order valence-electron chi connectivity index (χ3n) is 3.26. The van der Waals surface area contributed by atoms with E-state index in [2.05, 4.69) is 4.98 Å². The molecule has 0 aliphatic heterocycles. The van der Waals surface area contributed by atoms with E-state index in [1.54, 1.807) is 18.3 Å². The van der Waals surface area contributed by atoms with Crippen molar-refractivity contribution in [2.75, 3.05) is 0 Å². The van der Waals surface area contributed by atoms with Crippen LogP contribution in [0.1, 0.15) is 17.0 Å². The Labute approximate surface area is 110 Å². The Bertz CT molecular complexity index is 718. The number of imidazole rings is 1. The standard InChI is InChI=1S/C15H14FN3/c16-13-6-2-1-4-11(13)8-15-18-10-14-12(9-17)5-3-7-19(14)15/h1-7,10H,8-9,17H2. The van der Waals surface area contributed by atoms with Gasteiger partial charge in [-0.3, -0.25) is 0 Å². The molecule has 0 fully saturated rings. The highest BCUT2D eigenvalue weighted by molar-refractivity contribution is 5.54. The van der Waals surface area contributed by atoms with Crippen LogP contribution in [0.4, 0.5) is 4.39 Å². The van der Waals surface area contributed by atoms with Crippen LogP contribution in [0, 0.1) is 5.82 Å². The van der Waals surface area contributed by atoms with Crippen molar-refractivity contribution in [3.63, 3.8) is 0 Å². The van der Waals surface area contributed by atoms with Crippen LogP contribution in [0.2, 0.25) is 0 Å². The van der Waals surface area contributed by atoms with Gasteiger partial charge in [0, 0.05) is 19.2 Å². The number of pyridine rings is 1. The van der Waals surface area contributed by atoms with E-state index in [9.17, 15) is 4.39 Å². The minimum absolute atomic E-state index is 0.200. The predicted molar refractivity (Wildman–Crippen MR) is 72.3 cm³/mol. The molecular weight excluding hydrogens is 241 g/mol. The predicted octanol–water partition coefficient (Wildman–Crippen LogP) is 2.52. The van der Waals surface area contributed by atoms with Crippen molar-refractivity contribution in [3.8, 4) is 0 Å². The first-order chi connectivity index (χ1) is 9.29. The zero-order chi connectivity index (χ0) is 13.2. The maximum atomic E-state index is 13.7. The lowest BCUT2D eigenvalue weighted by molar-refractivity contribution is 0.612. The van der Waals surface area contributed by atoms with Crippen LogP contribution in [0.3, 0.4) is 0 Å². The zero-order valence-corrected chi connectivity index (χ0v) is 10.4. The number of fused-ring (bicyclic) bond motifs is 1. The Morgan fingerprint density at radius 3 is 2.68 bits per heavy atom. The van der Waals surface area contributed by atoms with E-state index >= 15 is 0 Å². The number of nitrogens with two attached hydrogens (primary N) is 1. The molecule has 19 heavy (non-hydrogen) atoms. The second-order valence-electron chi connectivity index (χ2n) is 4.44. The second kappa shape index (κ2) is 4.82. The van der Waals surface area contributed by atoms with Gasteiger partial charge in [0.25, 0.3) is 0 Å². The number of hydrogen-bond acceptors (Lipinski definition) is 2. The number of hydrogen-bond donors (Lipinski definition) is 1. The smallest absolute Gasteiger partial charge is 0.126 e. The van der Waals surface area contributed by atoms with Gasteiger partial charge in [0.1, 0.15) is 11.6 Å². The lowest BCUT2D eigenvalue weighted by Crippen LogP contribution is -2.02. The normalized spacial score (nSPS) is 11.1. The molecule has 96 valence electrons. The zero-order valence-electron chi connectivity index (χ0n) is 10.4. The average molecular weight is 255 g/mol. The van der Waals surface area contributed by atoms with Crippen molar-refractivity contribution >= 4 is 5.52 Å². The summed E-state index contributed by atoms with van der Waals surface area (Å²) >= 11 is 0. The summed E-state index contributed by atoms with van der Waals surface area (Å²) < 4.78 is 15.6. The van der Waals surface area contributed by atoms with Gasteiger partial charge < -0.3 is 10.1 Å². The minimum Gasteiger partial charge on any atom is -0.326 e. The highest BCUT2D eigenvalue weighted by Gasteiger charge is 2.09. The van der Waals surface area contributed by atoms with E-state index in [-0.39, 0.29) is 5.82 Å². The lowest BCUT2D eigenvalue weighted by Gasteiger charge is -2.05. The average Bonchev–Trinajstić information content (AvgIpc) is 2.84. The molecule has 0 unspecified atom stereocenters. The largest absolute Gasteiger partial charge is 0.326 e. The molecule has 0 saturated carbocycles. The van der Waals surface area contributed by atoms with Gasteiger partial charge in [0.05, 0.1) is 11.7 Å². The van der Waals surface area contributed by atoms with E-state index in [4.69, 9.17) is 5.73 Å². The van der Waals surface area contributed by atoms with Crippen LogP contribution in [-0.4, -0.2) is 9.38 Å². The Hall–Kier alpha value is -2.20. The van der Waals surface area contributed by atoms with Crippen LogP contribution in [0.5, 0.6) is 0 Å². The van der Waals surface area contributed by atoms with Gasteiger partial charge in [-0.05, 0) is 23.3 Å². The van der Waals surface area contributed by atoms with E-state index in [1.165, 1.54) is 6.07 Å². The Morgan fingerprint density at radius 2 is 1.89 bits per heavy atom. The molecule has 4 heteroatoms. The number of nitrogens with zero attached hydrogens (tertiary/aromatic N) is 2. The summed E-state index contributed by atoms with van der Waals surface area (Å²) in [5.74, 6) is 0.615. The first-order valence-electron chi connectivity index (χ1n) is 6.17. The minimum atomic E-state index is -0.200. The molecule has 2 N–H and O–H groups in total. The van der Waals surface area contributed by atoms with E-state index in [0.717, 1.165) is 16.9 Å². The molecule has 0 radical (unpaired) electrons. The summed E-state index contributed by atoms with van der Waals surface area (Å²) in [5, 5.41) is 0. The molecule has 0 atom stereocenters. The second-order valence-corrected chi connectivity index (χ2v) is 4.44. The van der Waals surface area contributed by atoms with Gasteiger partial charge in [-0.2, -0.15) is 0 Å². The summed E-state index contributed by atoms with van der Waals surface area (Å²) in [5.41, 5.74) is 8.37. The van der Waals surface area contributed by atoms with Crippen LogP contribution in [0.15, 0.2) is 48.8 Å². The molecule has 0 bridgehead atoms. The molecule has 3 nitrogen and oxygen atoms in total. The fourth-order valence-corrected chi connectivity index (χ4v) is 2.25. The third kappa shape index (κ3) is 2.11. The molecule has 2 aromatic heterocycles. The summed E-state index contributed by atoms with van der Waals surface area (Å²) in [4.78, 5) is 4.38. The number of halogens is 1. The van der Waals surface area contributed by atoms with E-state index in [1.807, 2.05) is 28.8 Å². The quantitative estimate of drug-likeness (QED) is 0.781. The van der Waals surface area contributed by atoms with Crippen LogP contribution in [0.25, 0.3) is 5.52 Å². The van der Waals surface area contributed by atoms with Crippen molar-refractivity contribution < 1.29 is 4.39 Å². The fourth-order valence-electron chi connectivity index (χ4n) is 2.25. The van der Waals surface area contributed by atoms with Crippen molar-refractivity contribution in [1.82, 2.24) is 9.38 Å². The third-order valence-corrected chi connectivity index (χ3v) is 3.26. The molecule has 0 aliphatic rings. The molecule has 0 spiro atoms. The summed E-state index contributed by atoms with van der Waals surface area (Å²) in [7, 11) is 0. The number of rotatable bonds is 3. The lowest BCUT2D eigenvalue weighted by atomic mass is 10.1. The van der Waals surface area contributed by atoms with Gasteiger partial charge in [0.15, 0.2) is 0 Å². The molecule has 0 aliphatic carbocycles. The Morgan fingerprint density at radius 1 is 1.11 bits per heavy atom. The van der Waals surface area contributed by atoms with Crippen molar-refractivity contribution in [3.05, 3.63) is 71.6 Å². The van der Waals surface area contributed by atoms with Gasteiger partial charge >= 0.3 is 0 Å². The van der Waals surface area contributed by atoms with Gasteiger partial charge in [-0.25, -0.2) is 9.37 Å². The van der Waals surface area contributed by atoms with Crippen LogP contribution >= 0.6 is 0 Å². The summed E-state index contributed by atoms with van der Waals surface area (Å²) in [6.07, 6.45) is 4.19. The van der Waals surface area contributed by atoms with Crippen LogP contribution in [-0.2, 0) is 13.0 Å². The summed E-state index contributed by atoms with van der Waals surface area (Å²) in [6, 6.07) is 10.7. The molecule has 0 amide bonds. The maximum absolute atomic E-state index is 13.7. The fraction of sp³-hybridized carbons (Fsp3) is 0.133. The monoisotopic (exact) mass is 255 g/mol. The molecule has 0 saturated heterocycles. The molecular formula is C15H14FN3. The summed E-state index contributed by atoms with van der Waals surface area (Å²) in [6.45, 7) is 0.467. The van der Waals surface area contributed by atoms with Gasteiger partial charge in [0.2, 0.25) is 0 Å².